The molecule has 0 radical (unpaired) electrons. The molecule has 19 heavy (non-hydrogen) atoms. The standard InChI is InChI=1S/C15H24N2O2/c1-16-8-4-5-13(11-16)17(2)10-12-6-7-14(19-3)9-15(12)18/h6-7,9,13,18H,4-5,8,10-11H2,1-3H3. The van der Waals surface area contributed by atoms with E-state index in [1.165, 1.54) is 19.4 Å². The minimum absolute atomic E-state index is 0.315. The molecule has 1 aliphatic heterocycles. The zero-order chi connectivity index (χ0) is 13.8. The van der Waals surface area contributed by atoms with E-state index in [0.29, 0.717) is 17.5 Å². The lowest BCUT2D eigenvalue weighted by atomic mass is 10.0. The second-order valence-corrected chi connectivity index (χ2v) is 5.47. The summed E-state index contributed by atoms with van der Waals surface area (Å²) in [6.07, 6.45) is 2.48. The van der Waals surface area contributed by atoms with Crippen molar-refractivity contribution in [2.24, 2.45) is 0 Å². The average molecular weight is 264 g/mol. The predicted octanol–water partition coefficient (Wildman–Crippen LogP) is 1.93. The van der Waals surface area contributed by atoms with E-state index in [1.54, 1.807) is 13.2 Å². The molecule has 0 aliphatic carbocycles. The Balaban J connectivity index is 2.00. The number of phenols is 1. The zero-order valence-corrected chi connectivity index (χ0v) is 12.1. The van der Waals surface area contributed by atoms with Gasteiger partial charge in [-0.3, -0.25) is 4.90 Å². The highest BCUT2D eigenvalue weighted by atomic mass is 16.5. The fraction of sp³-hybridized carbons (Fsp3) is 0.600. The second-order valence-electron chi connectivity index (χ2n) is 5.47. The monoisotopic (exact) mass is 264 g/mol. The van der Waals surface area contributed by atoms with E-state index < -0.39 is 0 Å². The van der Waals surface area contributed by atoms with Gasteiger partial charge in [0.1, 0.15) is 11.5 Å². The highest BCUT2D eigenvalue weighted by molar-refractivity contribution is 5.39. The molecule has 4 heteroatoms. The van der Waals surface area contributed by atoms with Gasteiger partial charge < -0.3 is 14.7 Å². The predicted molar refractivity (Wildman–Crippen MR) is 76.6 cm³/mol. The van der Waals surface area contributed by atoms with E-state index in [0.717, 1.165) is 18.7 Å². The van der Waals surface area contributed by atoms with E-state index in [1.807, 2.05) is 12.1 Å². The third-order valence-corrected chi connectivity index (χ3v) is 3.94. The van der Waals surface area contributed by atoms with Gasteiger partial charge in [-0.15, -0.1) is 0 Å². The fourth-order valence-corrected chi connectivity index (χ4v) is 2.70. The van der Waals surface area contributed by atoms with Crippen LogP contribution in [0, 0.1) is 0 Å². The number of likely N-dealkylation sites (tertiary alicyclic amines) is 1. The van der Waals surface area contributed by atoms with E-state index in [-0.39, 0.29) is 0 Å². The molecule has 1 aliphatic rings. The number of benzene rings is 1. The SMILES string of the molecule is COc1ccc(CN(C)C2CCCN(C)C2)c(O)c1. The van der Waals surface area contributed by atoms with Crippen LogP contribution in [0.1, 0.15) is 18.4 Å². The summed E-state index contributed by atoms with van der Waals surface area (Å²) >= 11 is 0. The normalized spacial score (nSPS) is 20.7. The molecule has 1 aromatic rings. The molecule has 0 bridgehead atoms. The zero-order valence-electron chi connectivity index (χ0n) is 12.1. The molecule has 1 fully saturated rings. The largest absolute Gasteiger partial charge is 0.507 e. The Hall–Kier alpha value is -1.26. The number of nitrogens with zero attached hydrogens (tertiary/aromatic N) is 2. The van der Waals surface area contributed by atoms with Gasteiger partial charge in [0.05, 0.1) is 7.11 Å². The lowest BCUT2D eigenvalue weighted by Crippen LogP contribution is -2.44. The van der Waals surface area contributed by atoms with Crippen LogP contribution in [0.5, 0.6) is 11.5 Å². The molecule has 0 saturated carbocycles. The Labute approximate surface area is 115 Å². The number of ether oxygens (including phenoxy) is 1. The Bertz CT molecular complexity index is 423. The summed E-state index contributed by atoms with van der Waals surface area (Å²) in [5.74, 6) is 1.01. The fourth-order valence-electron chi connectivity index (χ4n) is 2.70. The molecule has 2 rings (SSSR count). The summed E-state index contributed by atoms with van der Waals surface area (Å²) in [4.78, 5) is 4.70. The summed E-state index contributed by atoms with van der Waals surface area (Å²) in [5, 5.41) is 10.0. The van der Waals surface area contributed by atoms with Crippen molar-refractivity contribution in [2.45, 2.75) is 25.4 Å². The van der Waals surface area contributed by atoms with Gasteiger partial charge in [-0.05, 0) is 39.5 Å². The van der Waals surface area contributed by atoms with E-state index in [4.69, 9.17) is 4.74 Å². The smallest absolute Gasteiger partial charge is 0.123 e. The lowest BCUT2D eigenvalue weighted by Gasteiger charge is -2.36. The molecular formula is C15H24N2O2. The number of methoxy groups -OCH3 is 1. The van der Waals surface area contributed by atoms with Crippen LogP contribution in [0.15, 0.2) is 18.2 Å². The van der Waals surface area contributed by atoms with Gasteiger partial charge in [-0.2, -0.15) is 0 Å². The van der Waals surface area contributed by atoms with Gasteiger partial charge in [0.2, 0.25) is 0 Å². The first kappa shape index (κ1) is 14.2. The van der Waals surface area contributed by atoms with Crippen LogP contribution in [0.3, 0.4) is 0 Å². The number of hydrogen-bond donors (Lipinski definition) is 1. The van der Waals surface area contributed by atoms with E-state index in [2.05, 4.69) is 23.9 Å². The number of rotatable bonds is 4. The van der Waals surface area contributed by atoms with Crippen molar-refractivity contribution in [1.29, 1.82) is 0 Å². The van der Waals surface area contributed by atoms with Gasteiger partial charge in [0, 0.05) is 30.8 Å². The van der Waals surface area contributed by atoms with Crippen molar-refractivity contribution in [2.75, 3.05) is 34.3 Å². The number of hydrogen-bond acceptors (Lipinski definition) is 4. The summed E-state index contributed by atoms with van der Waals surface area (Å²) in [5.41, 5.74) is 0.955. The minimum atomic E-state index is 0.315. The minimum Gasteiger partial charge on any atom is -0.507 e. The van der Waals surface area contributed by atoms with Crippen molar-refractivity contribution in [3.63, 3.8) is 0 Å². The Kier molecular flexibility index (Phi) is 4.66. The molecular weight excluding hydrogens is 240 g/mol. The molecule has 1 saturated heterocycles. The van der Waals surface area contributed by atoms with Crippen molar-refractivity contribution in [3.8, 4) is 11.5 Å². The molecule has 0 amide bonds. The highest BCUT2D eigenvalue weighted by Gasteiger charge is 2.21. The molecule has 0 aromatic heterocycles. The molecule has 1 heterocycles. The van der Waals surface area contributed by atoms with Crippen LogP contribution < -0.4 is 4.74 Å². The molecule has 1 N–H and O–H groups in total. The maximum absolute atomic E-state index is 10.0. The van der Waals surface area contributed by atoms with Gasteiger partial charge >= 0.3 is 0 Å². The number of likely N-dealkylation sites (N-methyl/N-ethyl adjacent to an activating group) is 2. The van der Waals surface area contributed by atoms with Crippen LogP contribution in [0.4, 0.5) is 0 Å². The summed E-state index contributed by atoms with van der Waals surface area (Å²) in [6, 6.07) is 6.09. The van der Waals surface area contributed by atoms with Gasteiger partial charge in [-0.1, -0.05) is 6.07 Å². The first-order valence-corrected chi connectivity index (χ1v) is 6.85. The summed E-state index contributed by atoms with van der Waals surface area (Å²) in [7, 11) is 5.91. The number of piperidine rings is 1. The van der Waals surface area contributed by atoms with Gasteiger partial charge in [0.25, 0.3) is 0 Å². The first-order valence-electron chi connectivity index (χ1n) is 6.85. The maximum Gasteiger partial charge on any atom is 0.123 e. The Morgan fingerprint density at radius 1 is 1.47 bits per heavy atom. The number of aromatic hydroxyl groups is 1. The van der Waals surface area contributed by atoms with Crippen molar-refractivity contribution >= 4 is 0 Å². The van der Waals surface area contributed by atoms with Crippen molar-refractivity contribution in [1.82, 2.24) is 9.80 Å². The molecule has 1 atom stereocenters. The molecule has 1 unspecified atom stereocenters. The molecule has 4 nitrogen and oxygen atoms in total. The first-order chi connectivity index (χ1) is 9.10. The lowest BCUT2D eigenvalue weighted by molar-refractivity contribution is 0.128. The van der Waals surface area contributed by atoms with E-state index >= 15 is 0 Å². The molecule has 1 aromatic carbocycles. The van der Waals surface area contributed by atoms with Crippen molar-refractivity contribution in [3.05, 3.63) is 23.8 Å². The molecule has 106 valence electrons. The average Bonchev–Trinajstić information content (AvgIpc) is 2.41. The maximum atomic E-state index is 10.0. The van der Waals surface area contributed by atoms with Crippen LogP contribution in [-0.4, -0.2) is 55.2 Å². The highest BCUT2D eigenvalue weighted by Crippen LogP contribution is 2.25. The van der Waals surface area contributed by atoms with Crippen LogP contribution >= 0.6 is 0 Å². The van der Waals surface area contributed by atoms with Crippen molar-refractivity contribution < 1.29 is 9.84 Å². The number of phenolic OH excluding ortho intramolecular Hbond substituents is 1. The van der Waals surface area contributed by atoms with Crippen LogP contribution in [0.2, 0.25) is 0 Å². The topological polar surface area (TPSA) is 35.9 Å². The summed E-state index contributed by atoms with van der Waals surface area (Å²) < 4.78 is 5.11. The summed E-state index contributed by atoms with van der Waals surface area (Å²) in [6.45, 7) is 3.07. The third kappa shape index (κ3) is 3.61. The molecule has 0 spiro atoms. The van der Waals surface area contributed by atoms with Gasteiger partial charge in [0.15, 0.2) is 0 Å². The van der Waals surface area contributed by atoms with Crippen LogP contribution in [-0.2, 0) is 6.54 Å². The Morgan fingerprint density at radius 3 is 2.89 bits per heavy atom. The van der Waals surface area contributed by atoms with Gasteiger partial charge in [-0.25, -0.2) is 0 Å². The van der Waals surface area contributed by atoms with Crippen LogP contribution in [0.25, 0.3) is 0 Å². The second kappa shape index (κ2) is 6.26. The van der Waals surface area contributed by atoms with E-state index in [9.17, 15) is 5.11 Å². The quantitative estimate of drug-likeness (QED) is 0.901. The Morgan fingerprint density at radius 2 is 2.26 bits per heavy atom. The third-order valence-electron chi connectivity index (χ3n) is 3.94.